The summed E-state index contributed by atoms with van der Waals surface area (Å²) in [4.78, 5) is 0. The maximum Gasteiger partial charge on any atom is 1.00 e. The summed E-state index contributed by atoms with van der Waals surface area (Å²) in [6.07, 6.45) is 14.1. The molecule has 0 radical (unpaired) electrons. The maximum atomic E-state index is 11.0. The van der Waals surface area contributed by atoms with Gasteiger partial charge in [0.15, 0.2) is 0 Å². The molecule has 0 fully saturated rings. The Bertz CT molecular complexity index is 316. The van der Waals surface area contributed by atoms with Gasteiger partial charge in [0.2, 0.25) is 0 Å². The summed E-state index contributed by atoms with van der Waals surface area (Å²) in [5.74, 6) is 0. The van der Waals surface area contributed by atoms with Crippen LogP contribution in [-0.4, -0.2) is 24.8 Å². The van der Waals surface area contributed by atoms with Crippen LogP contribution in [0.2, 0.25) is 0 Å². The number of unbranched alkanes of at least 4 members (excludes halogenated alkanes) is 10. The zero-order valence-corrected chi connectivity index (χ0v) is 16.8. The van der Waals surface area contributed by atoms with Gasteiger partial charge in [-0.2, -0.15) is 8.42 Å². The van der Waals surface area contributed by atoms with Crippen LogP contribution in [0.5, 0.6) is 0 Å². The van der Waals surface area contributed by atoms with E-state index in [2.05, 4.69) is 6.92 Å². The van der Waals surface area contributed by atoms with Gasteiger partial charge in [-0.05, 0) is 6.42 Å². The summed E-state index contributed by atoms with van der Waals surface area (Å²) in [6.45, 7) is 2.24. The molecule has 0 aliphatic rings. The van der Waals surface area contributed by atoms with Crippen molar-refractivity contribution in [2.45, 2.75) is 89.2 Å². The second kappa shape index (κ2) is 15.8. The molecule has 0 heterocycles. The molecule has 0 spiro atoms. The summed E-state index contributed by atoms with van der Waals surface area (Å²) in [5.41, 5.74) is 5.35. The summed E-state index contributed by atoms with van der Waals surface area (Å²) in [7, 11) is -3.95. The number of hydrogen-bond donors (Lipinski definition) is 2. The molecule has 3 N–H and O–H groups in total. The topological polar surface area (TPSA) is 80.4 Å². The van der Waals surface area contributed by atoms with Crippen molar-refractivity contribution >= 4 is 10.1 Å². The van der Waals surface area contributed by atoms with Crippen molar-refractivity contribution in [3.8, 4) is 0 Å². The normalized spacial score (nSPS) is 12.9. The van der Waals surface area contributed by atoms with Crippen LogP contribution in [0, 0.1) is 0 Å². The molecule has 0 aliphatic carbocycles. The molecule has 6 heteroatoms. The summed E-state index contributed by atoms with van der Waals surface area (Å²) in [6, 6.07) is 0. The Morgan fingerprint density at radius 3 is 1.62 bits per heavy atom. The van der Waals surface area contributed by atoms with E-state index in [0.29, 0.717) is 6.42 Å². The second-order valence-corrected chi connectivity index (χ2v) is 7.39. The van der Waals surface area contributed by atoms with Crippen LogP contribution in [0.4, 0.5) is 0 Å². The standard InChI is InChI=1S/C15H33NO3S.Na.H/c1-2-3-4-5-6-7-8-9-10-11-12-13-15(14-16)20(17,18)19;;/h15H,2-14,16H2,1H3,(H,17,18,19);;/q;+1;-1. The fourth-order valence-corrected chi connectivity index (χ4v) is 3.13. The van der Waals surface area contributed by atoms with Crippen molar-refractivity contribution in [2.24, 2.45) is 5.73 Å². The quantitative estimate of drug-likeness (QED) is 0.283. The largest absolute Gasteiger partial charge is 1.00 e. The SMILES string of the molecule is CCCCCCCCCCCCCC(CN)S(=O)(=O)O.[H-].[Na+]. The number of hydrogen-bond acceptors (Lipinski definition) is 3. The van der Waals surface area contributed by atoms with Gasteiger partial charge in [-0.15, -0.1) is 0 Å². The summed E-state index contributed by atoms with van der Waals surface area (Å²) < 4.78 is 30.8. The zero-order valence-electron chi connectivity index (χ0n) is 15.0. The monoisotopic (exact) mass is 331 g/mol. The van der Waals surface area contributed by atoms with Crippen LogP contribution in [-0.2, 0) is 10.1 Å². The average Bonchev–Trinajstić information content (AvgIpc) is 2.38. The first-order valence-corrected chi connectivity index (χ1v) is 9.69. The molecule has 1 unspecified atom stereocenters. The minimum atomic E-state index is -3.95. The van der Waals surface area contributed by atoms with Gasteiger partial charge < -0.3 is 7.16 Å². The Kier molecular flexibility index (Phi) is 18.1. The van der Waals surface area contributed by atoms with E-state index in [9.17, 15) is 8.42 Å². The molecule has 0 saturated carbocycles. The van der Waals surface area contributed by atoms with Crippen molar-refractivity contribution in [1.82, 2.24) is 0 Å². The zero-order chi connectivity index (χ0) is 15.3. The fourth-order valence-electron chi connectivity index (χ4n) is 2.42. The third kappa shape index (κ3) is 15.5. The minimum Gasteiger partial charge on any atom is -1.00 e. The Morgan fingerprint density at radius 2 is 1.29 bits per heavy atom. The van der Waals surface area contributed by atoms with Crippen LogP contribution < -0.4 is 35.3 Å². The summed E-state index contributed by atoms with van der Waals surface area (Å²) >= 11 is 0. The van der Waals surface area contributed by atoms with Crippen molar-refractivity contribution in [2.75, 3.05) is 6.54 Å². The van der Waals surface area contributed by atoms with E-state index in [0.717, 1.165) is 19.3 Å². The Morgan fingerprint density at radius 1 is 0.905 bits per heavy atom. The van der Waals surface area contributed by atoms with Crippen LogP contribution in [0.1, 0.15) is 85.4 Å². The van der Waals surface area contributed by atoms with E-state index in [1.165, 1.54) is 51.4 Å². The third-order valence-electron chi connectivity index (χ3n) is 3.81. The van der Waals surface area contributed by atoms with Gasteiger partial charge in [-0.3, -0.25) is 4.55 Å². The van der Waals surface area contributed by atoms with Gasteiger partial charge in [0.1, 0.15) is 0 Å². The van der Waals surface area contributed by atoms with Crippen LogP contribution in [0.25, 0.3) is 0 Å². The van der Waals surface area contributed by atoms with Gasteiger partial charge in [-0.1, -0.05) is 77.6 Å². The van der Waals surface area contributed by atoms with Crippen molar-refractivity contribution in [1.29, 1.82) is 0 Å². The molecule has 1 atom stereocenters. The second-order valence-electron chi connectivity index (χ2n) is 5.70. The Hall–Kier alpha value is 0.870. The third-order valence-corrected chi connectivity index (χ3v) is 5.08. The molecule has 0 rings (SSSR count). The Balaban J connectivity index is -0.00000180. The molecule has 124 valence electrons. The van der Waals surface area contributed by atoms with Gasteiger partial charge in [-0.25, -0.2) is 0 Å². The molecular weight excluding hydrogens is 297 g/mol. The fraction of sp³-hybridized carbons (Fsp3) is 1.00. The van der Waals surface area contributed by atoms with Gasteiger partial charge in [0.05, 0.1) is 5.25 Å². The minimum absolute atomic E-state index is 0. The summed E-state index contributed by atoms with van der Waals surface area (Å²) in [5, 5.41) is -0.777. The van der Waals surface area contributed by atoms with E-state index in [-0.39, 0.29) is 37.5 Å². The van der Waals surface area contributed by atoms with Gasteiger partial charge >= 0.3 is 29.6 Å². The van der Waals surface area contributed by atoms with E-state index < -0.39 is 15.4 Å². The molecular formula is C15H34NNaO3S. The number of nitrogens with two attached hydrogens (primary N) is 1. The molecule has 0 aromatic rings. The molecule has 0 aromatic carbocycles. The number of rotatable bonds is 14. The van der Waals surface area contributed by atoms with Crippen molar-refractivity contribution < 1.29 is 44.0 Å². The van der Waals surface area contributed by atoms with E-state index in [1.807, 2.05) is 0 Å². The molecule has 0 bridgehead atoms. The first-order valence-electron chi connectivity index (χ1n) is 8.18. The van der Waals surface area contributed by atoms with Crippen LogP contribution >= 0.6 is 0 Å². The van der Waals surface area contributed by atoms with E-state index in [4.69, 9.17) is 10.3 Å². The smallest absolute Gasteiger partial charge is 1.00 e. The van der Waals surface area contributed by atoms with Crippen molar-refractivity contribution in [3.63, 3.8) is 0 Å². The van der Waals surface area contributed by atoms with Crippen LogP contribution in [0.15, 0.2) is 0 Å². The molecule has 0 saturated heterocycles. The van der Waals surface area contributed by atoms with Crippen molar-refractivity contribution in [3.05, 3.63) is 0 Å². The average molecular weight is 331 g/mol. The molecule has 0 amide bonds. The van der Waals surface area contributed by atoms with Gasteiger partial charge in [0, 0.05) is 6.54 Å². The molecule has 21 heavy (non-hydrogen) atoms. The molecule has 0 aromatic heterocycles. The Labute approximate surface area is 155 Å². The maximum absolute atomic E-state index is 11.0. The van der Waals surface area contributed by atoms with E-state index >= 15 is 0 Å². The predicted octanol–water partition coefficient (Wildman–Crippen LogP) is 1.02. The first-order chi connectivity index (χ1) is 9.52. The predicted molar refractivity (Wildman–Crippen MR) is 86.6 cm³/mol. The first kappa shape index (κ1) is 24.1. The molecule has 0 aliphatic heterocycles. The van der Waals surface area contributed by atoms with E-state index in [1.54, 1.807) is 0 Å². The van der Waals surface area contributed by atoms with Gasteiger partial charge in [0.25, 0.3) is 10.1 Å². The van der Waals surface area contributed by atoms with Crippen LogP contribution in [0.3, 0.4) is 0 Å². The molecule has 4 nitrogen and oxygen atoms in total.